The van der Waals surface area contributed by atoms with E-state index in [1.807, 2.05) is 48.5 Å². The first kappa shape index (κ1) is 16.7. The van der Waals surface area contributed by atoms with Gasteiger partial charge < -0.3 is 16.2 Å². The van der Waals surface area contributed by atoms with E-state index in [0.29, 0.717) is 5.56 Å². The summed E-state index contributed by atoms with van der Waals surface area (Å²) in [7, 11) is 0. The van der Waals surface area contributed by atoms with Crippen LogP contribution in [0.5, 0.6) is 0 Å². The van der Waals surface area contributed by atoms with Gasteiger partial charge in [-0.1, -0.05) is 48.5 Å². The molecule has 0 spiro atoms. The van der Waals surface area contributed by atoms with Crippen LogP contribution in [0.2, 0.25) is 0 Å². The van der Waals surface area contributed by atoms with Gasteiger partial charge in [0.05, 0.1) is 0 Å². The first-order valence-electron chi connectivity index (χ1n) is 7.50. The van der Waals surface area contributed by atoms with Crippen LogP contribution in [0.3, 0.4) is 0 Å². The number of hydrogen-bond donors (Lipinski definition) is 3. The van der Waals surface area contributed by atoms with Gasteiger partial charge in [-0.25, -0.2) is 0 Å². The van der Waals surface area contributed by atoms with Crippen molar-refractivity contribution in [2.24, 2.45) is 5.73 Å². The molecule has 0 unspecified atom stereocenters. The van der Waals surface area contributed by atoms with Crippen molar-refractivity contribution in [2.75, 3.05) is 6.54 Å². The van der Waals surface area contributed by atoms with Crippen LogP contribution in [0, 0.1) is 0 Å². The minimum absolute atomic E-state index is 0.269. The van der Waals surface area contributed by atoms with Crippen LogP contribution in [-0.4, -0.2) is 29.6 Å². The second-order valence-electron chi connectivity index (χ2n) is 5.26. The molecule has 5 heteroatoms. The molecule has 0 aliphatic carbocycles. The highest BCUT2D eigenvalue weighted by Crippen LogP contribution is 2.22. The standard InChI is InChI=1S/C13H11NO.C5H9NO2/c14-13(15)12-9-5-4-8-11(12)10-6-2-1-3-7-10;7-5(8)4-2-1-3-6-4/h1-9H,(H2,14,15);4,6H,1-3H2,(H,7,8)/t;4-/m.0/s1. The maximum atomic E-state index is 11.2. The second-order valence-corrected chi connectivity index (χ2v) is 5.26. The van der Waals surface area contributed by atoms with Crippen LogP contribution in [0.15, 0.2) is 54.6 Å². The lowest BCUT2D eigenvalue weighted by atomic mass is 9.99. The molecule has 0 bridgehead atoms. The number of primary amides is 1. The maximum absolute atomic E-state index is 11.2. The van der Waals surface area contributed by atoms with Crippen LogP contribution in [0.25, 0.3) is 11.1 Å². The molecule has 0 saturated carbocycles. The van der Waals surface area contributed by atoms with E-state index < -0.39 is 11.9 Å². The van der Waals surface area contributed by atoms with Gasteiger partial charge in [0.1, 0.15) is 6.04 Å². The average Bonchev–Trinajstić information content (AvgIpc) is 3.11. The number of amides is 1. The molecule has 0 aromatic heterocycles. The molecule has 4 N–H and O–H groups in total. The normalized spacial score (nSPS) is 16.3. The highest BCUT2D eigenvalue weighted by atomic mass is 16.4. The molecule has 1 atom stereocenters. The molecular formula is C18H20N2O3. The van der Waals surface area contributed by atoms with Gasteiger partial charge in [-0.05, 0) is 36.6 Å². The quantitative estimate of drug-likeness (QED) is 0.810. The van der Waals surface area contributed by atoms with E-state index >= 15 is 0 Å². The van der Waals surface area contributed by atoms with Crippen molar-refractivity contribution in [3.05, 3.63) is 60.2 Å². The summed E-state index contributed by atoms with van der Waals surface area (Å²) < 4.78 is 0. The number of hydrogen-bond acceptors (Lipinski definition) is 3. The highest BCUT2D eigenvalue weighted by Gasteiger charge is 2.20. The molecule has 2 aromatic rings. The number of carbonyl (C=O) groups is 2. The summed E-state index contributed by atoms with van der Waals surface area (Å²) in [5.74, 6) is -1.11. The van der Waals surface area contributed by atoms with Crippen LogP contribution in [-0.2, 0) is 4.79 Å². The van der Waals surface area contributed by atoms with Gasteiger partial charge in [-0.15, -0.1) is 0 Å². The topological polar surface area (TPSA) is 92.4 Å². The van der Waals surface area contributed by atoms with Crippen molar-refractivity contribution in [3.63, 3.8) is 0 Å². The van der Waals surface area contributed by atoms with Crippen LogP contribution in [0.4, 0.5) is 0 Å². The molecule has 1 heterocycles. The van der Waals surface area contributed by atoms with Crippen molar-refractivity contribution in [1.82, 2.24) is 5.32 Å². The Kier molecular flexibility index (Phi) is 5.88. The number of nitrogens with one attached hydrogen (secondary N) is 1. The van der Waals surface area contributed by atoms with E-state index in [-0.39, 0.29) is 6.04 Å². The summed E-state index contributed by atoms with van der Waals surface area (Å²) >= 11 is 0. The summed E-state index contributed by atoms with van der Waals surface area (Å²) in [4.78, 5) is 21.4. The first-order valence-corrected chi connectivity index (χ1v) is 7.50. The van der Waals surface area contributed by atoms with Crippen molar-refractivity contribution in [1.29, 1.82) is 0 Å². The Morgan fingerprint density at radius 3 is 2.22 bits per heavy atom. The molecule has 1 saturated heterocycles. The van der Waals surface area contributed by atoms with Crippen LogP contribution < -0.4 is 11.1 Å². The predicted molar refractivity (Wildman–Crippen MR) is 89.1 cm³/mol. The number of aliphatic carboxylic acids is 1. The van der Waals surface area contributed by atoms with E-state index in [1.165, 1.54) is 0 Å². The Balaban J connectivity index is 0.000000203. The largest absolute Gasteiger partial charge is 0.480 e. The molecule has 1 aliphatic heterocycles. The summed E-state index contributed by atoms with van der Waals surface area (Å²) in [6.07, 6.45) is 1.78. The van der Waals surface area contributed by atoms with Crippen LogP contribution >= 0.6 is 0 Å². The maximum Gasteiger partial charge on any atom is 0.320 e. The Labute approximate surface area is 135 Å². The lowest BCUT2D eigenvalue weighted by Gasteiger charge is -2.05. The lowest BCUT2D eigenvalue weighted by Crippen LogP contribution is -2.29. The second kappa shape index (κ2) is 8.10. The summed E-state index contributed by atoms with van der Waals surface area (Å²) in [5.41, 5.74) is 7.76. The van der Waals surface area contributed by atoms with E-state index in [2.05, 4.69) is 5.32 Å². The fourth-order valence-electron chi connectivity index (χ4n) is 2.46. The predicted octanol–water partition coefficient (Wildman–Crippen LogP) is 2.28. The van der Waals surface area contributed by atoms with Gasteiger partial charge in [-0.3, -0.25) is 9.59 Å². The molecule has 5 nitrogen and oxygen atoms in total. The molecule has 120 valence electrons. The Morgan fingerprint density at radius 2 is 1.70 bits per heavy atom. The third kappa shape index (κ3) is 4.66. The number of carboxylic acids is 1. The SMILES string of the molecule is NC(=O)c1ccccc1-c1ccccc1.O=C(O)[C@@H]1CCCN1. The molecule has 2 aromatic carbocycles. The van der Waals surface area contributed by atoms with E-state index in [9.17, 15) is 9.59 Å². The van der Waals surface area contributed by atoms with Gasteiger partial charge in [0, 0.05) is 5.56 Å². The molecule has 1 fully saturated rings. The molecule has 23 heavy (non-hydrogen) atoms. The molecule has 3 rings (SSSR count). The monoisotopic (exact) mass is 312 g/mol. The highest BCUT2D eigenvalue weighted by molar-refractivity contribution is 5.99. The molecule has 0 radical (unpaired) electrons. The minimum atomic E-state index is -0.720. The van der Waals surface area contributed by atoms with E-state index in [0.717, 1.165) is 30.5 Å². The molecule has 1 amide bonds. The zero-order valence-corrected chi connectivity index (χ0v) is 12.7. The van der Waals surface area contributed by atoms with Gasteiger partial charge in [0.25, 0.3) is 0 Å². The van der Waals surface area contributed by atoms with Gasteiger partial charge in [0.2, 0.25) is 5.91 Å². The van der Waals surface area contributed by atoms with Crippen molar-refractivity contribution < 1.29 is 14.7 Å². The minimum Gasteiger partial charge on any atom is -0.480 e. The smallest absolute Gasteiger partial charge is 0.320 e. The third-order valence-electron chi connectivity index (χ3n) is 3.64. The zero-order valence-electron chi connectivity index (χ0n) is 12.7. The van der Waals surface area contributed by atoms with Crippen molar-refractivity contribution >= 4 is 11.9 Å². The number of carboxylic acid groups (broad SMARTS) is 1. The Hall–Kier alpha value is -2.66. The number of benzene rings is 2. The van der Waals surface area contributed by atoms with Crippen LogP contribution in [0.1, 0.15) is 23.2 Å². The number of nitrogens with two attached hydrogens (primary N) is 1. The average molecular weight is 312 g/mol. The van der Waals surface area contributed by atoms with E-state index in [1.54, 1.807) is 6.07 Å². The Bertz CT molecular complexity index is 665. The van der Waals surface area contributed by atoms with E-state index in [4.69, 9.17) is 10.8 Å². The van der Waals surface area contributed by atoms with Gasteiger partial charge in [-0.2, -0.15) is 0 Å². The van der Waals surface area contributed by atoms with Gasteiger partial charge >= 0.3 is 5.97 Å². The Morgan fingerprint density at radius 1 is 1.04 bits per heavy atom. The summed E-state index contributed by atoms with van der Waals surface area (Å²) in [6.45, 7) is 0.858. The molecular weight excluding hydrogens is 292 g/mol. The summed E-state index contributed by atoms with van der Waals surface area (Å²) in [5, 5.41) is 11.2. The van der Waals surface area contributed by atoms with Crippen molar-refractivity contribution in [2.45, 2.75) is 18.9 Å². The van der Waals surface area contributed by atoms with Crippen molar-refractivity contribution in [3.8, 4) is 11.1 Å². The number of rotatable bonds is 3. The summed E-state index contributed by atoms with van der Waals surface area (Å²) in [6, 6.07) is 16.8. The zero-order chi connectivity index (χ0) is 16.7. The van der Waals surface area contributed by atoms with Gasteiger partial charge in [0.15, 0.2) is 0 Å². The lowest BCUT2D eigenvalue weighted by molar-refractivity contribution is -0.139. The first-order chi connectivity index (χ1) is 11.1. The fraction of sp³-hybridized carbons (Fsp3) is 0.222. The molecule has 1 aliphatic rings. The fourth-order valence-corrected chi connectivity index (χ4v) is 2.46. The third-order valence-corrected chi connectivity index (χ3v) is 3.64. The number of carbonyl (C=O) groups excluding carboxylic acids is 1.